The summed E-state index contributed by atoms with van der Waals surface area (Å²) in [6, 6.07) is 8.87. The van der Waals surface area contributed by atoms with Crippen LogP contribution in [-0.2, 0) is 0 Å². The monoisotopic (exact) mass is 415 g/mol. The zero-order valence-electron chi connectivity index (χ0n) is 15.6. The Kier molecular flexibility index (Phi) is 5.29. The van der Waals surface area contributed by atoms with E-state index in [-0.39, 0.29) is 17.5 Å². The molecule has 2 aromatic carbocycles. The van der Waals surface area contributed by atoms with Gasteiger partial charge in [-0.15, -0.1) is 5.10 Å². The molecule has 1 heterocycles. The largest absolute Gasteiger partial charge is 0.394 e. The highest BCUT2D eigenvalue weighted by atomic mass is 35.5. The molecule has 1 aliphatic carbocycles. The Labute approximate surface area is 171 Å². The third kappa shape index (κ3) is 4.13. The molecule has 1 saturated carbocycles. The van der Waals surface area contributed by atoms with Crippen molar-refractivity contribution in [2.24, 2.45) is 0 Å². The number of tetrazole rings is 1. The lowest BCUT2D eigenvalue weighted by Crippen LogP contribution is -2.35. The van der Waals surface area contributed by atoms with Crippen molar-refractivity contribution in [3.8, 4) is 16.8 Å². The van der Waals surface area contributed by atoms with Crippen LogP contribution in [-0.4, -0.2) is 43.9 Å². The number of amides is 1. The fourth-order valence-corrected chi connectivity index (χ4v) is 3.35. The topological polar surface area (TPSA) is 92.9 Å². The first kappa shape index (κ1) is 19.5. The fraction of sp³-hybridized carbons (Fsp3) is 0.300. The number of halogens is 2. The molecule has 7 nitrogen and oxygen atoms in total. The molecule has 1 amide bonds. The molecular weight excluding hydrogens is 397 g/mol. The van der Waals surface area contributed by atoms with Crippen molar-refractivity contribution in [2.75, 3.05) is 6.61 Å². The van der Waals surface area contributed by atoms with Gasteiger partial charge in [0.2, 0.25) is 0 Å². The van der Waals surface area contributed by atoms with E-state index in [1.165, 1.54) is 12.1 Å². The summed E-state index contributed by atoms with van der Waals surface area (Å²) in [5, 5.41) is 24.2. The normalized spacial score (nSPS) is 14.6. The summed E-state index contributed by atoms with van der Waals surface area (Å²) in [6.45, 7) is 1.52. The quantitative estimate of drug-likeness (QED) is 0.645. The van der Waals surface area contributed by atoms with Gasteiger partial charge in [-0.25, -0.2) is 4.39 Å². The van der Waals surface area contributed by atoms with Crippen LogP contribution < -0.4 is 5.32 Å². The Morgan fingerprint density at radius 3 is 2.83 bits per heavy atom. The van der Waals surface area contributed by atoms with Gasteiger partial charge in [-0.2, -0.15) is 4.68 Å². The van der Waals surface area contributed by atoms with E-state index < -0.39 is 11.9 Å². The average Bonchev–Trinajstić information content (AvgIpc) is 3.43. The lowest BCUT2D eigenvalue weighted by molar-refractivity contribution is 0.0922. The Morgan fingerprint density at radius 2 is 2.14 bits per heavy atom. The molecule has 150 valence electrons. The number of carbonyl (C=O) groups excluding carboxylic acids is 1. The van der Waals surface area contributed by atoms with Crippen LogP contribution in [0.5, 0.6) is 0 Å². The summed E-state index contributed by atoms with van der Waals surface area (Å²) in [5.41, 5.74) is 2.18. The minimum atomic E-state index is -0.443. The number of hydrogen-bond acceptors (Lipinski definition) is 5. The number of benzene rings is 2. The lowest BCUT2D eigenvalue weighted by Gasteiger charge is -2.14. The van der Waals surface area contributed by atoms with Crippen molar-refractivity contribution in [1.29, 1.82) is 0 Å². The number of aromatic nitrogens is 4. The summed E-state index contributed by atoms with van der Waals surface area (Å²) >= 11 is 6.25. The number of carbonyl (C=O) groups is 1. The lowest BCUT2D eigenvalue weighted by atomic mass is 10.0. The van der Waals surface area contributed by atoms with Crippen molar-refractivity contribution in [1.82, 2.24) is 25.5 Å². The highest BCUT2D eigenvalue weighted by Gasteiger charge is 2.30. The van der Waals surface area contributed by atoms with Gasteiger partial charge in [-0.1, -0.05) is 11.6 Å². The van der Waals surface area contributed by atoms with Gasteiger partial charge in [-0.3, -0.25) is 4.79 Å². The van der Waals surface area contributed by atoms with Gasteiger partial charge in [0.25, 0.3) is 5.91 Å². The number of aliphatic hydroxyl groups excluding tert-OH is 1. The van der Waals surface area contributed by atoms with Crippen molar-refractivity contribution < 1.29 is 14.3 Å². The Hall–Kier alpha value is -2.84. The van der Waals surface area contributed by atoms with Gasteiger partial charge in [0.05, 0.1) is 17.3 Å². The summed E-state index contributed by atoms with van der Waals surface area (Å²) in [5.74, 6) is 0.243. The van der Waals surface area contributed by atoms with Crippen LogP contribution in [0.1, 0.15) is 41.9 Å². The van der Waals surface area contributed by atoms with Gasteiger partial charge in [0, 0.05) is 23.1 Å². The minimum Gasteiger partial charge on any atom is -0.394 e. The third-order valence-electron chi connectivity index (χ3n) is 4.75. The molecule has 2 N–H and O–H groups in total. The van der Waals surface area contributed by atoms with Crippen molar-refractivity contribution in [2.45, 2.75) is 31.7 Å². The maximum Gasteiger partial charge on any atom is 0.251 e. The average molecular weight is 416 g/mol. The van der Waals surface area contributed by atoms with Gasteiger partial charge in [0.15, 0.2) is 5.82 Å². The first-order valence-electron chi connectivity index (χ1n) is 9.27. The maximum absolute atomic E-state index is 13.5. The summed E-state index contributed by atoms with van der Waals surface area (Å²) in [6.07, 6.45) is 2.04. The first-order chi connectivity index (χ1) is 14.0. The standard InChI is InChI=1S/C20H19ClFN5O2/c1-11(10-28)23-20(29)14-6-13(17-5-4-15(22)9-18(17)21)7-16(8-14)27-19(12-2-3-12)24-25-26-27/h4-9,11-12,28H,2-3,10H2,1H3,(H,23,29)/t11-/m0/s1. The molecule has 0 bridgehead atoms. The maximum atomic E-state index is 13.5. The highest BCUT2D eigenvalue weighted by Crippen LogP contribution is 2.39. The minimum absolute atomic E-state index is 0.180. The smallest absolute Gasteiger partial charge is 0.251 e. The molecular formula is C20H19ClFN5O2. The number of rotatable bonds is 6. The highest BCUT2D eigenvalue weighted by molar-refractivity contribution is 6.33. The molecule has 1 fully saturated rings. The van der Waals surface area contributed by atoms with Crippen molar-refractivity contribution in [3.63, 3.8) is 0 Å². The SMILES string of the molecule is C[C@@H](CO)NC(=O)c1cc(-c2ccc(F)cc2Cl)cc(-n2nnnc2C2CC2)c1. The van der Waals surface area contributed by atoms with Gasteiger partial charge >= 0.3 is 0 Å². The van der Waals surface area contributed by atoms with Gasteiger partial charge < -0.3 is 10.4 Å². The van der Waals surface area contributed by atoms with Crippen LogP contribution in [0.3, 0.4) is 0 Å². The molecule has 0 saturated heterocycles. The molecule has 4 rings (SSSR count). The second-order valence-electron chi connectivity index (χ2n) is 7.17. The molecule has 0 aliphatic heterocycles. The van der Waals surface area contributed by atoms with E-state index >= 15 is 0 Å². The van der Waals surface area contributed by atoms with Crippen LogP contribution in [0, 0.1) is 5.82 Å². The molecule has 0 spiro atoms. The molecule has 1 aliphatic rings. The van der Waals surface area contributed by atoms with E-state index in [9.17, 15) is 14.3 Å². The predicted molar refractivity (Wildman–Crippen MR) is 106 cm³/mol. The summed E-state index contributed by atoms with van der Waals surface area (Å²) < 4.78 is 15.1. The second kappa shape index (κ2) is 7.88. The van der Waals surface area contributed by atoms with Crippen LogP contribution in [0.2, 0.25) is 5.02 Å². The van der Waals surface area contributed by atoms with Crippen molar-refractivity contribution in [3.05, 3.63) is 58.6 Å². The fourth-order valence-electron chi connectivity index (χ4n) is 3.07. The number of nitrogens with one attached hydrogen (secondary N) is 1. The van der Waals surface area contributed by atoms with E-state index in [2.05, 4.69) is 20.8 Å². The number of hydrogen-bond donors (Lipinski definition) is 2. The van der Waals surface area contributed by atoms with Crippen molar-refractivity contribution >= 4 is 17.5 Å². The van der Waals surface area contributed by atoms with E-state index in [1.54, 1.807) is 29.8 Å². The molecule has 0 radical (unpaired) electrons. The molecule has 1 atom stereocenters. The zero-order valence-corrected chi connectivity index (χ0v) is 16.4. The van der Waals surface area contributed by atoms with E-state index in [0.29, 0.717) is 28.3 Å². The molecule has 1 aromatic heterocycles. The van der Waals surface area contributed by atoms with Crippen LogP contribution in [0.15, 0.2) is 36.4 Å². The van der Waals surface area contributed by atoms with E-state index in [1.807, 2.05) is 6.07 Å². The Bertz CT molecular complexity index is 1070. The van der Waals surface area contributed by atoms with Gasteiger partial charge in [0.1, 0.15) is 5.82 Å². The van der Waals surface area contributed by atoms with Gasteiger partial charge in [-0.05, 0) is 72.2 Å². The first-order valence-corrected chi connectivity index (χ1v) is 9.65. The zero-order chi connectivity index (χ0) is 20.5. The van der Waals surface area contributed by atoms with Crippen LogP contribution in [0.4, 0.5) is 4.39 Å². The van der Waals surface area contributed by atoms with Crippen LogP contribution >= 0.6 is 11.6 Å². The Morgan fingerprint density at radius 1 is 1.34 bits per heavy atom. The molecule has 9 heteroatoms. The molecule has 0 unspecified atom stereocenters. The third-order valence-corrected chi connectivity index (χ3v) is 5.07. The Balaban J connectivity index is 1.83. The van der Waals surface area contributed by atoms with E-state index in [4.69, 9.17) is 11.6 Å². The molecule has 3 aromatic rings. The van der Waals surface area contributed by atoms with E-state index in [0.717, 1.165) is 18.7 Å². The second-order valence-corrected chi connectivity index (χ2v) is 7.58. The summed E-state index contributed by atoms with van der Waals surface area (Å²) in [7, 11) is 0. The number of nitrogens with zero attached hydrogens (tertiary/aromatic N) is 4. The van der Waals surface area contributed by atoms with Crippen LogP contribution in [0.25, 0.3) is 16.8 Å². The summed E-state index contributed by atoms with van der Waals surface area (Å²) in [4.78, 5) is 12.7. The predicted octanol–water partition coefficient (Wildman–Crippen LogP) is 3.11. The number of aliphatic hydroxyl groups is 1. The molecule has 29 heavy (non-hydrogen) atoms.